The van der Waals surface area contributed by atoms with Crippen LogP contribution in [0.25, 0.3) is 0 Å². The summed E-state index contributed by atoms with van der Waals surface area (Å²) in [4.78, 5) is 14.1. The fourth-order valence-electron chi connectivity index (χ4n) is 3.26. The van der Waals surface area contributed by atoms with Crippen LogP contribution in [0.2, 0.25) is 0 Å². The minimum absolute atomic E-state index is 0.307. The van der Waals surface area contributed by atoms with E-state index in [4.69, 9.17) is 9.47 Å². The number of ether oxygens (including phenoxy) is 2. The van der Waals surface area contributed by atoms with Gasteiger partial charge in [0.2, 0.25) is 0 Å². The number of carbonyl (C=O) groups excluding carboxylic acids is 1. The first-order valence-corrected chi connectivity index (χ1v) is 9.03. The maximum absolute atomic E-state index is 11.9. The molecule has 1 aliphatic rings. The number of nitrogens with zero attached hydrogens (tertiary/aromatic N) is 1. The summed E-state index contributed by atoms with van der Waals surface area (Å²) in [6.45, 7) is 6.27. The summed E-state index contributed by atoms with van der Waals surface area (Å²) in [5.74, 6) is 1.34. The SMILES string of the molecule is CCOC(=O)c1ccc(N2c3ccc(C)cc3Oc3cc(C)ccc32)cc1. The number of fused-ring (bicyclic) bond motifs is 2. The lowest BCUT2D eigenvalue weighted by molar-refractivity contribution is 0.0526. The summed E-state index contributed by atoms with van der Waals surface area (Å²) in [5, 5.41) is 0. The number of benzene rings is 3. The topological polar surface area (TPSA) is 38.8 Å². The number of anilines is 3. The normalized spacial score (nSPS) is 12.0. The lowest BCUT2D eigenvalue weighted by Gasteiger charge is -2.33. The molecule has 0 saturated carbocycles. The molecule has 0 unspecified atom stereocenters. The quantitative estimate of drug-likeness (QED) is 0.417. The van der Waals surface area contributed by atoms with Crippen LogP contribution in [-0.4, -0.2) is 12.6 Å². The van der Waals surface area contributed by atoms with Gasteiger partial charge in [0.15, 0.2) is 11.5 Å². The van der Waals surface area contributed by atoms with Crippen LogP contribution in [0.5, 0.6) is 11.5 Å². The second-order valence-electron chi connectivity index (χ2n) is 6.65. The molecule has 4 nitrogen and oxygen atoms in total. The van der Waals surface area contributed by atoms with Crippen molar-refractivity contribution in [3.8, 4) is 11.5 Å². The Hall–Kier alpha value is -3.27. The Labute approximate surface area is 159 Å². The monoisotopic (exact) mass is 359 g/mol. The minimum Gasteiger partial charge on any atom is -0.462 e. The molecule has 4 heteroatoms. The highest BCUT2D eigenvalue weighted by Crippen LogP contribution is 2.50. The van der Waals surface area contributed by atoms with Gasteiger partial charge in [0.1, 0.15) is 0 Å². The molecule has 4 rings (SSSR count). The van der Waals surface area contributed by atoms with E-state index in [1.54, 1.807) is 19.1 Å². The van der Waals surface area contributed by atoms with Crippen molar-refractivity contribution in [2.24, 2.45) is 0 Å². The van der Waals surface area contributed by atoms with Crippen molar-refractivity contribution in [1.29, 1.82) is 0 Å². The van der Waals surface area contributed by atoms with Gasteiger partial charge < -0.3 is 14.4 Å². The highest BCUT2D eigenvalue weighted by molar-refractivity contribution is 5.91. The predicted molar refractivity (Wildman–Crippen MR) is 107 cm³/mol. The molecule has 0 radical (unpaired) electrons. The van der Waals surface area contributed by atoms with Crippen molar-refractivity contribution in [1.82, 2.24) is 0 Å². The zero-order valence-corrected chi connectivity index (χ0v) is 15.7. The van der Waals surface area contributed by atoms with E-state index in [0.29, 0.717) is 12.2 Å². The summed E-state index contributed by atoms with van der Waals surface area (Å²) < 4.78 is 11.2. The van der Waals surface area contributed by atoms with Crippen LogP contribution in [0, 0.1) is 13.8 Å². The van der Waals surface area contributed by atoms with Crippen LogP contribution in [0.15, 0.2) is 60.7 Å². The van der Waals surface area contributed by atoms with Gasteiger partial charge in [-0.25, -0.2) is 4.79 Å². The zero-order valence-electron chi connectivity index (χ0n) is 15.7. The molecule has 0 aromatic heterocycles. The van der Waals surface area contributed by atoms with Crippen molar-refractivity contribution in [2.75, 3.05) is 11.5 Å². The van der Waals surface area contributed by atoms with Gasteiger partial charge >= 0.3 is 5.97 Å². The average molecular weight is 359 g/mol. The highest BCUT2D eigenvalue weighted by atomic mass is 16.5. The Balaban J connectivity index is 1.81. The molecule has 1 aliphatic heterocycles. The first-order valence-electron chi connectivity index (χ1n) is 9.03. The van der Waals surface area contributed by atoms with Crippen LogP contribution in [0.3, 0.4) is 0 Å². The Kier molecular flexibility index (Phi) is 4.32. The molecule has 1 heterocycles. The molecule has 0 saturated heterocycles. The van der Waals surface area contributed by atoms with Gasteiger partial charge in [0, 0.05) is 5.69 Å². The molecule has 27 heavy (non-hydrogen) atoms. The zero-order chi connectivity index (χ0) is 19.0. The predicted octanol–water partition coefficient (Wildman–Crippen LogP) is 6.06. The smallest absolute Gasteiger partial charge is 0.338 e. The molecule has 0 atom stereocenters. The minimum atomic E-state index is -0.307. The van der Waals surface area contributed by atoms with Gasteiger partial charge in [-0.05, 0) is 80.4 Å². The van der Waals surface area contributed by atoms with Crippen LogP contribution in [0.1, 0.15) is 28.4 Å². The molecule has 0 spiro atoms. The Morgan fingerprint density at radius 1 is 0.889 bits per heavy atom. The summed E-state index contributed by atoms with van der Waals surface area (Å²) >= 11 is 0. The Bertz CT molecular complexity index is 957. The second kappa shape index (κ2) is 6.80. The highest BCUT2D eigenvalue weighted by Gasteiger charge is 2.26. The molecular formula is C23H21NO3. The van der Waals surface area contributed by atoms with Gasteiger partial charge in [-0.3, -0.25) is 0 Å². The van der Waals surface area contributed by atoms with E-state index in [2.05, 4.69) is 29.2 Å². The third-order valence-electron chi connectivity index (χ3n) is 4.57. The maximum atomic E-state index is 11.9. The van der Waals surface area contributed by atoms with E-state index in [1.807, 2.05) is 38.1 Å². The Morgan fingerprint density at radius 2 is 1.44 bits per heavy atom. The van der Waals surface area contributed by atoms with E-state index in [0.717, 1.165) is 39.7 Å². The average Bonchev–Trinajstić information content (AvgIpc) is 2.66. The number of hydrogen-bond acceptors (Lipinski definition) is 4. The van der Waals surface area contributed by atoms with Gasteiger partial charge in [0.05, 0.1) is 23.5 Å². The Morgan fingerprint density at radius 3 is 1.96 bits per heavy atom. The van der Waals surface area contributed by atoms with Crippen molar-refractivity contribution in [2.45, 2.75) is 20.8 Å². The molecule has 3 aromatic carbocycles. The summed E-state index contributed by atoms with van der Waals surface area (Å²) in [6, 6.07) is 19.8. The molecule has 0 N–H and O–H groups in total. The first kappa shape index (κ1) is 17.2. The lowest BCUT2D eigenvalue weighted by atomic mass is 10.1. The third-order valence-corrected chi connectivity index (χ3v) is 4.57. The van der Waals surface area contributed by atoms with Crippen LogP contribution < -0.4 is 9.64 Å². The van der Waals surface area contributed by atoms with Gasteiger partial charge in [0.25, 0.3) is 0 Å². The van der Waals surface area contributed by atoms with E-state index in [-0.39, 0.29) is 5.97 Å². The standard InChI is InChI=1S/C23H21NO3/c1-4-26-23(25)17-7-9-18(10-8-17)24-19-11-5-15(2)13-21(19)27-22-14-16(3)6-12-20(22)24/h5-14H,4H2,1-3H3. The van der Waals surface area contributed by atoms with E-state index >= 15 is 0 Å². The molecule has 0 fully saturated rings. The summed E-state index contributed by atoms with van der Waals surface area (Å²) in [7, 11) is 0. The van der Waals surface area contributed by atoms with E-state index in [1.165, 1.54) is 0 Å². The van der Waals surface area contributed by atoms with Crippen molar-refractivity contribution in [3.63, 3.8) is 0 Å². The molecule has 136 valence electrons. The van der Waals surface area contributed by atoms with Crippen LogP contribution in [-0.2, 0) is 4.74 Å². The van der Waals surface area contributed by atoms with Crippen LogP contribution in [0.4, 0.5) is 17.1 Å². The van der Waals surface area contributed by atoms with Crippen LogP contribution >= 0.6 is 0 Å². The molecule has 0 bridgehead atoms. The van der Waals surface area contributed by atoms with Gasteiger partial charge in [-0.15, -0.1) is 0 Å². The fraction of sp³-hybridized carbons (Fsp3) is 0.174. The van der Waals surface area contributed by atoms with Gasteiger partial charge in [-0.1, -0.05) is 12.1 Å². The summed E-state index contributed by atoms with van der Waals surface area (Å²) in [5.41, 5.74) is 5.73. The van der Waals surface area contributed by atoms with Crippen molar-refractivity contribution >= 4 is 23.0 Å². The molecular weight excluding hydrogens is 338 g/mol. The van der Waals surface area contributed by atoms with E-state index in [9.17, 15) is 4.79 Å². The molecule has 0 aliphatic carbocycles. The van der Waals surface area contributed by atoms with Crippen molar-refractivity contribution < 1.29 is 14.3 Å². The first-order chi connectivity index (χ1) is 13.1. The fourth-order valence-corrected chi connectivity index (χ4v) is 3.26. The lowest BCUT2D eigenvalue weighted by Crippen LogP contribution is -2.16. The maximum Gasteiger partial charge on any atom is 0.338 e. The number of carbonyl (C=O) groups is 1. The second-order valence-corrected chi connectivity index (χ2v) is 6.65. The number of esters is 1. The van der Waals surface area contributed by atoms with Gasteiger partial charge in [-0.2, -0.15) is 0 Å². The number of rotatable bonds is 3. The summed E-state index contributed by atoms with van der Waals surface area (Å²) in [6.07, 6.45) is 0. The molecule has 3 aromatic rings. The molecule has 0 amide bonds. The number of aryl methyl sites for hydroxylation is 2. The third kappa shape index (κ3) is 3.14. The van der Waals surface area contributed by atoms with Crippen molar-refractivity contribution in [3.05, 3.63) is 77.4 Å². The number of hydrogen-bond donors (Lipinski definition) is 0. The van der Waals surface area contributed by atoms with E-state index < -0.39 is 0 Å². The largest absolute Gasteiger partial charge is 0.462 e.